The Hall–Kier alpha value is -1.07. The molecule has 0 amide bonds. The lowest BCUT2D eigenvalue weighted by atomic mass is 9.75. The number of hydrogen-bond donors (Lipinski definition) is 1. The van der Waals surface area contributed by atoms with E-state index in [4.69, 9.17) is 11.6 Å². The molecule has 0 unspecified atom stereocenters. The molecule has 0 spiro atoms. The van der Waals surface area contributed by atoms with Gasteiger partial charge in [-0.15, -0.1) is 0 Å². The molecule has 4 nitrogen and oxygen atoms in total. The van der Waals surface area contributed by atoms with E-state index in [0.717, 1.165) is 0 Å². The van der Waals surface area contributed by atoms with E-state index in [1.54, 1.807) is 6.07 Å². The number of halogens is 1. The topological polar surface area (TPSA) is 71.4 Å². The molecule has 1 N–H and O–H groups in total. The van der Waals surface area contributed by atoms with Crippen LogP contribution in [0.3, 0.4) is 0 Å². The second-order valence-corrected chi connectivity index (χ2v) is 7.38. The minimum atomic E-state index is -3.96. The average molecular weight is 289 g/mol. The number of rotatable bonds is 3. The van der Waals surface area contributed by atoms with Gasteiger partial charge in [0.1, 0.15) is 0 Å². The molecule has 98 valence electrons. The van der Waals surface area contributed by atoms with Crippen molar-refractivity contribution >= 4 is 27.4 Å². The molecule has 1 aliphatic carbocycles. The van der Waals surface area contributed by atoms with Crippen LogP contribution in [0.15, 0.2) is 29.2 Å². The molecule has 0 aliphatic heterocycles. The van der Waals surface area contributed by atoms with Gasteiger partial charge in [0, 0.05) is 0 Å². The van der Waals surface area contributed by atoms with Crippen LogP contribution in [0.5, 0.6) is 0 Å². The van der Waals surface area contributed by atoms with Crippen molar-refractivity contribution in [3.8, 4) is 0 Å². The van der Waals surface area contributed by atoms with Gasteiger partial charge in [-0.3, -0.25) is 4.79 Å². The maximum atomic E-state index is 12.5. The highest BCUT2D eigenvalue weighted by molar-refractivity contribution is 7.93. The van der Waals surface area contributed by atoms with Crippen LogP contribution in [0, 0.1) is 5.92 Å². The molecule has 1 aliphatic rings. The van der Waals surface area contributed by atoms with Crippen molar-refractivity contribution in [2.24, 2.45) is 5.92 Å². The summed E-state index contributed by atoms with van der Waals surface area (Å²) in [6.45, 7) is 1.84. The Morgan fingerprint density at radius 1 is 1.39 bits per heavy atom. The summed E-state index contributed by atoms with van der Waals surface area (Å²) in [6.07, 6.45) is 0.270. The first-order chi connectivity index (χ1) is 8.31. The molecular weight excluding hydrogens is 276 g/mol. The van der Waals surface area contributed by atoms with Crippen LogP contribution < -0.4 is 0 Å². The number of sulfone groups is 1. The second-order valence-electron chi connectivity index (χ2n) is 4.75. The maximum Gasteiger partial charge on any atom is 0.325 e. The summed E-state index contributed by atoms with van der Waals surface area (Å²) in [5.41, 5.74) is 0. The van der Waals surface area contributed by atoms with Gasteiger partial charge in [0.2, 0.25) is 0 Å². The summed E-state index contributed by atoms with van der Waals surface area (Å²) in [6, 6.07) is 5.95. The lowest BCUT2D eigenvalue weighted by Crippen LogP contribution is -2.55. The standard InChI is InChI=1S/C12H13ClO4S/c1-8-6-12(7-8,11(14)15)18(16,17)10-5-3-2-4-9(10)13/h2-5,8H,6-7H2,1H3,(H,14,15). The molecule has 1 fully saturated rings. The fourth-order valence-electron chi connectivity index (χ4n) is 2.45. The summed E-state index contributed by atoms with van der Waals surface area (Å²) in [5.74, 6) is -1.20. The zero-order valence-electron chi connectivity index (χ0n) is 9.76. The average Bonchev–Trinajstić information content (AvgIpc) is 2.24. The van der Waals surface area contributed by atoms with Gasteiger partial charge in [-0.2, -0.15) is 0 Å². The SMILES string of the molecule is CC1CC(C(=O)O)(S(=O)(=O)c2ccccc2Cl)C1. The summed E-state index contributed by atoms with van der Waals surface area (Å²) in [5, 5.41) is 9.33. The molecule has 6 heteroatoms. The lowest BCUT2D eigenvalue weighted by molar-refractivity contribution is -0.143. The summed E-state index contributed by atoms with van der Waals surface area (Å²) in [7, 11) is -3.96. The van der Waals surface area contributed by atoms with Gasteiger partial charge in [0.05, 0.1) is 9.92 Å². The third kappa shape index (κ3) is 1.73. The lowest BCUT2D eigenvalue weighted by Gasteiger charge is -2.41. The normalized spacial score (nSPS) is 27.6. The van der Waals surface area contributed by atoms with Crippen LogP contribution in [-0.2, 0) is 14.6 Å². The third-order valence-corrected chi connectivity index (χ3v) is 6.30. The Morgan fingerprint density at radius 3 is 2.39 bits per heavy atom. The van der Waals surface area contributed by atoms with Crippen LogP contribution in [0.4, 0.5) is 0 Å². The van der Waals surface area contributed by atoms with Crippen molar-refractivity contribution in [1.29, 1.82) is 0 Å². The van der Waals surface area contributed by atoms with Crippen molar-refractivity contribution in [2.75, 3.05) is 0 Å². The van der Waals surface area contributed by atoms with E-state index in [2.05, 4.69) is 0 Å². The Kier molecular flexibility index (Phi) is 3.15. The molecule has 1 aromatic rings. The van der Waals surface area contributed by atoms with Gasteiger partial charge >= 0.3 is 5.97 Å². The Bertz CT molecular complexity index is 588. The number of benzene rings is 1. The van der Waals surface area contributed by atoms with Gasteiger partial charge in [0.15, 0.2) is 14.6 Å². The second kappa shape index (κ2) is 4.24. The van der Waals surface area contributed by atoms with E-state index in [0.29, 0.717) is 0 Å². The molecule has 1 saturated carbocycles. The Morgan fingerprint density at radius 2 is 1.94 bits per heavy atom. The molecular formula is C12H13ClO4S. The fourth-order valence-corrected chi connectivity index (χ4v) is 5.13. The zero-order valence-corrected chi connectivity index (χ0v) is 11.3. The van der Waals surface area contributed by atoms with Gasteiger partial charge in [0.25, 0.3) is 0 Å². The van der Waals surface area contributed by atoms with Crippen LogP contribution in [0.1, 0.15) is 19.8 Å². The number of carbonyl (C=O) groups is 1. The van der Waals surface area contributed by atoms with E-state index in [1.165, 1.54) is 18.2 Å². The van der Waals surface area contributed by atoms with Gasteiger partial charge in [-0.1, -0.05) is 30.7 Å². The molecule has 0 radical (unpaired) electrons. The highest BCUT2D eigenvalue weighted by Crippen LogP contribution is 2.47. The predicted octanol–water partition coefficient (Wildman–Crippen LogP) is 2.37. The van der Waals surface area contributed by atoms with Crippen LogP contribution in [0.25, 0.3) is 0 Å². The Balaban J connectivity index is 2.56. The van der Waals surface area contributed by atoms with Crippen LogP contribution >= 0.6 is 11.6 Å². The maximum absolute atomic E-state index is 12.5. The minimum absolute atomic E-state index is 0.0673. The summed E-state index contributed by atoms with van der Waals surface area (Å²) < 4.78 is 23.2. The molecule has 2 rings (SSSR count). The molecule has 0 heterocycles. The summed E-state index contributed by atoms with van der Waals surface area (Å²) in [4.78, 5) is 11.3. The van der Waals surface area contributed by atoms with E-state index in [-0.39, 0.29) is 28.7 Å². The largest absolute Gasteiger partial charge is 0.480 e. The van der Waals surface area contributed by atoms with Crippen molar-refractivity contribution in [2.45, 2.75) is 29.4 Å². The van der Waals surface area contributed by atoms with Gasteiger partial charge in [-0.25, -0.2) is 8.42 Å². The fraction of sp³-hybridized carbons (Fsp3) is 0.417. The first kappa shape index (κ1) is 13.4. The quantitative estimate of drug-likeness (QED) is 0.927. The van der Waals surface area contributed by atoms with Crippen molar-refractivity contribution in [3.05, 3.63) is 29.3 Å². The monoisotopic (exact) mass is 288 g/mol. The van der Waals surface area contributed by atoms with E-state index < -0.39 is 20.6 Å². The van der Waals surface area contributed by atoms with E-state index in [1.807, 2.05) is 6.92 Å². The minimum Gasteiger partial charge on any atom is -0.480 e. The van der Waals surface area contributed by atoms with Gasteiger partial charge in [-0.05, 0) is 30.9 Å². The van der Waals surface area contributed by atoms with Gasteiger partial charge < -0.3 is 5.11 Å². The molecule has 0 atom stereocenters. The molecule has 0 bridgehead atoms. The first-order valence-corrected chi connectivity index (χ1v) is 7.40. The molecule has 0 saturated heterocycles. The van der Waals surface area contributed by atoms with Crippen molar-refractivity contribution in [3.63, 3.8) is 0 Å². The van der Waals surface area contributed by atoms with E-state index in [9.17, 15) is 18.3 Å². The number of aliphatic carboxylic acids is 1. The van der Waals surface area contributed by atoms with Crippen LogP contribution in [-0.4, -0.2) is 24.2 Å². The third-order valence-electron chi connectivity index (χ3n) is 3.39. The number of carboxylic acid groups (broad SMARTS) is 1. The first-order valence-electron chi connectivity index (χ1n) is 5.54. The molecule has 1 aromatic carbocycles. The van der Waals surface area contributed by atoms with Crippen molar-refractivity contribution in [1.82, 2.24) is 0 Å². The molecule has 0 aromatic heterocycles. The number of hydrogen-bond acceptors (Lipinski definition) is 3. The zero-order chi connectivity index (χ0) is 13.6. The summed E-state index contributed by atoms with van der Waals surface area (Å²) >= 11 is 5.86. The predicted molar refractivity (Wildman–Crippen MR) is 67.4 cm³/mol. The smallest absolute Gasteiger partial charge is 0.325 e. The highest BCUT2D eigenvalue weighted by Gasteiger charge is 2.59. The highest BCUT2D eigenvalue weighted by atomic mass is 35.5. The Labute approximate surface area is 110 Å². The van der Waals surface area contributed by atoms with Crippen molar-refractivity contribution < 1.29 is 18.3 Å². The van der Waals surface area contributed by atoms with E-state index >= 15 is 0 Å². The van der Waals surface area contributed by atoms with Crippen LogP contribution in [0.2, 0.25) is 5.02 Å². The number of carboxylic acids is 1. The molecule has 18 heavy (non-hydrogen) atoms.